The van der Waals surface area contributed by atoms with Crippen molar-refractivity contribution < 1.29 is 0 Å². The van der Waals surface area contributed by atoms with E-state index in [4.69, 9.17) is 16.9 Å². The minimum Gasteiger partial charge on any atom is -0.381 e. The molecule has 0 aliphatic heterocycles. The molecule has 0 saturated carbocycles. The quantitative estimate of drug-likeness (QED) is 0.752. The van der Waals surface area contributed by atoms with Gasteiger partial charge in [-0.15, -0.1) is 0 Å². The van der Waals surface area contributed by atoms with Crippen LogP contribution in [-0.2, 0) is 6.54 Å². The van der Waals surface area contributed by atoms with Crippen LogP contribution in [0, 0.1) is 11.3 Å². The molecule has 0 aliphatic carbocycles. The fourth-order valence-electron chi connectivity index (χ4n) is 2.22. The van der Waals surface area contributed by atoms with E-state index in [9.17, 15) is 0 Å². The monoisotopic (exact) mass is 281 g/mol. The van der Waals surface area contributed by atoms with Crippen molar-refractivity contribution in [3.63, 3.8) is 0 Å². The van der Waals surface area contributed by atoms with Gasteiger partial charge < -0.3 is 10.3 Å². The lowest BCUT2D eigenvalue weighted by Crippen LogP contribution is -2.00. The van der Waals surface area contributed by atoms with Crippen LogP contribution in [0.25, 0.3) is 10.9 Å². The van der Waals surface area contributed by atoms with Crippen LogP contribution in [-0.4, -0.2) is 4.98 Å². The number of nitrogens with zero attached hydrogens (tertiary/aromatic N) is 1. The largest absolute Gasteiger partial charge is 0.381 e. The average molecular weight is 282 g/mol. The van der Waals surface area contributed by atoms with Gasteiger partial charge in [0.1, 0.15) is 6.07 Å². The number of aromatic nitrogens is 1. The van der Waals surface area contributed by atoms with Crippen LogP contribution >= 0.6 is 11.6 Å². The van der Waals surface area contributed by atoms with Gasteiger partial charge in [0.15, 0.2) is 0 Å². The van der Waals surface area contributed by atoms with Crippen molar-refractivity contribution in [2.45, 2.75) is 6.54 Å². The Labute approximate surface area is 121 Å². The van der Waals surface area contributed by atoms with Crippen LogP contribution in [0.15, 0.2) is 48.7 Å². The minimum absolute atomic E-state index is 0.478. The van der Waals surface area contributed by atoms with Gasteiger partial charge in [-0.05, 0) is 35.9 Å². The van der Waals surface area contributed by atoms with E-state index < -0.39 is 0 Å². The normalized spacial score (nSPS) is 10.4. The third-order valence-corrected chi connectivity index (χ3v) is 3.58. The SMILES string of the molecule is N#Cc1cc(NCc2cccc3[nH]ccc23)ccc1Cl. The molecule has 0 fully saturated rings. The number of fused-ring (bicyclic) bond motifs is 1. The molecule has 0 spiro atoms. The van der Waals surface area contributed by atoms with Crippen molar-refractivity contribution in [2.75, 3.05) is 5.32 Å². The first-order chi connectivity index (χ1) is 9.78. The van der Waals surface area contributed by atoms with Crippen LogP contribution in [0.3, 0.4) is 0 Å². The summed E-state index contributed by atoms with van der Waals surface area (Å²) in [6.07, 6.45) is 1.93. The summed E-state index contributed by atoms with van der Waals surface area (Å²) in [6.45, 7) is 0.696. The molecule has 20 heavy (non-hydrogen) atoms. The smallest absolute Gasteiger partial charge is 0.101 e. The number of rotatable bonds is 3. The van der Waals surface area contributed by atoms with Gasteiger partial charge in [0.25, 0.3) is 0 Å². The number of nitrogens with one attached hydrogen (secondary N) is 2. The number of aromatic amines is 1. The molecular formula is C16H12ClN3. The van der Waals surface area contributed by atoms with E-state index >= 15 is 0 Å². The number of H-pyrrole nitrogens is 1. The Morgan fingerprint density at radius 2 is 2.10 bits per heavy atom. The number of halogens is 1. The second-order valence-electron chi connectivity index (χ2n) is 4.52. The molecule has 0 bridgehead atoms. The van der Waals surface area contributed by atoms with Crippen LogP contribution in [0.5, 0.6) is 0 Å². The van der Waals surface area contributed by atoms with E-state index in [1.165, 1.54) is 10.9 Å². The van der Waals surface area contributed by atoms with Crippen LogP contribution < -0.4 is 5.32 Å². The molecule has 0 aliphatic rings. The van der Waals surface area contributed by atoms with Crippen molar-refractivity contribution in [1.29, 1.82) is 5.26 Å². The standard InChI is InChI=1S/C16H12ClN3/c17-15-5-4-13(8-12(15)9-18)20-10-11-2-1-3-16-14(11)6-7-19-16/h1-8,19-20H,10H2. The van der Waals surface area contributed by atoms with Crippen molar-refractivity contribution in [3.8, 4) is 6.07 Å². The summed E-state index contributed by atoms with van der Waals surface area (Å²) in [4.78, 5) is 3.20. The number of anilines is 1. The minimum atomic E-state index is 0.478. The summed E-state index contributed by atoms with van der Waals surface area (Å²) in [5.74, 6) is 0. The Morgan fingerprint density at radius 3 is 2.95 bits per heavy atom. The highest BCUT2D eigenvalue weighted by molar-refractivity contribution is 6.31. The predicted octanol–water partition coefficient (Wildman–Crippen LogP) is 4.31. The first-order valence-corrected chi connectivity index (χ1v) is 6.64. The maximum absolute atomic E-state index is 8.98. The summed E-state index contributed by atoms with van der Waals surface area (Å²) in [5.41, 5.74) is 3.70. The fourth-order valence-corrected chi connectivity index (χ4v) is 2.38. The van der Waals surface area contributed by atoms with Gasteiger partial charge >= 0.3 is 0 Å². The number of hydrogen-bond acceptors (Lipinski definition) is 2. The van der Waals surface area contributed by atoms with Crippen LogP contribution in [0.1, 0.15) is 11.1 Å². The van der Waals surface area contributed by atoms with Gasteiger partial charge in [-0.3, -0.25) is 0 Å². The number of hydrogen-bond donors (Lipinski definition) is 2. The lowest BCUT2D eigenvalue weighted by molar-refractivity contribution is 1.17. The lowest BCUT2D eigenvalue weighted by Gasteiger charge is -2.08. The molecule has 3 rings (SSSR count). The number of benzene rings is 2. The maximum Gasteiger partial charge on any atom is 0.101 e. The van der Waals surface area contributed by atoms with Crippen LogP contribution in [0.2, 0.25) is 5.02 Å². The fraction of sp³-hybridized carbons (Fsp3) is 0.0625. The Kier molecular flexibility index (Phi) is 3.32. The van der Waals surface area contributed by atoms with Gasteiger partial charge in [-0.25, -0.2) is 0 Å². The van der Waals surface area contributed by atoms with Gasteiger partial charge in [0, 0.05) is 29.3 Å². The highest BCUT2D eigenvalue weighted by atomic mass is 35.5. The summed E-state index contributed by atoms with van der Waals surface area (Å²) >= 11 is 5.92. The Bertz CT molecular complexity index is 799. The molecule has 98 valence electrons. The molecule has 0 radical (unpaired) electrons. The van der Waals surface area contributed by atoms with Crippen molar-refractivity contribution in [2.24, 2.45) is 0 Å². The Morgan fingerprint density at radius 1 is 1.20 bits per heavy atom. The van der Waals surface area contributed by atoms with Crippen molar-refractivity contribution in [1.82, 2.24) is 4.98 Å². The summed E-state index contributed by atoms with van der Waals surface area (Å²) in [5, 5.41) is 14.0. The second kappa shape index (κ2) is 5.28. The summed E-state index contributed by atoms with van der Waals surface area (Å²) < 4.78 is 0. The van der Waals surface area contributed by atoms with Gasteiger partial charge in [0.05, 0.1) is 10.6 Å². The molecule has 0 amide bonds. The van der Waals surface area contributed by atoms with Crippen molar-refractivity contribution >= 4 is 28.2 Å². The number of nitriles is 1. The lowest BCUT2D eigenvalue weighted by atomic mass is 10.1. The first kappa shape index (κ1) is 12.6. The predicted molar refractivity (Wildman–Crippen MR) is 81.8 cm³/mol. The zero-order chi connectivity index (χ0) is 13.9. The van der Waals surface area contributed by atoms with E-state index in [1.54, 1.807) is 12.1 Å². The molecule has 4 heteroatoms. The van der Waals surface area contributed by atoms with E-state index in [1.807, 2.05) is 18.3 Å². The Balaban J connectivity index is 1.83. The molecule has 2 N–H and O–H groups in total. The van der Waals surface area contributed by atoms with E-state index in [0.717, 1.165) is 11.2 Å². The first-order valence-electron chi connectivity index (χ1n) is 6.26. The van der Waals surface area contributed by atoms with Gasteiger partial charge in [-0.1, -0.05) is 23.7 Å². The highest BCUT2D eigenvalue weighted by Gasteiger charge is 2.03. The molecule has 1 aromatic heterocycles. The molecule has 0 saturated heterocycles. The van der Waals surface area contributed by atoms with Gasteiger partial charge in [0.2, 0.25) is 0 Å². The Hall–Kier alpha value is -2.44. The zero-order valence-corrected chi connectivity index (χ0v) is 11.4. The summed E-state index contributed by atoms with van der Waals surface area (Å²) in [7, 11) is 0. The molecule has 0 unspecified atom stereocenters. The average Bonchev–Trinajstić information content (AvgIpc) is 2.95. The zero-order valence-electron chi connectivity index (χ0n) is 10.7. The topological polar surface area (TPSA) is 51.6 Å². The molecule has 0 atom stereocenters. The molecule has 3 nitrogen and oxygen atoms in total. The summed E-state index contributed by atoms with van der Waals surface area (Å²) in [6, 6.07) is 15.7. The molecule has 1 heterocycles. The molecule has 3 aromatic rings. The highest BCUT2D eigenvalue weighted by Crippen LogP contribution is 2.22. The van der Waals surface area contributed by atoms with Gasteiger partial charge in [-0.2, -0.15) is 5.26 Å². The van der Waals surface area contributed by atoms with E-state index in [0.29, 0.717) is 17.1 Å². The van der Waals surface area contributed by atoms with Crippen LogP contribution in [0.4, 0.5) is 5.69 Å². The molecule has 2 aromatic carbocycles. The van der Waals surface area contributed by atoms with E-state index in [2.05, 4.69) is 34.6 Å². The third-order valence-electron chi connectivity index (χ3n) is 3.26. The second-order valence-corrected chi connectivity index (χ2v) is 4.92. The maximum atomic E-state index is 8.98. The van der Waals surface area contributed by atoms with Crippen molar-refractivity contribution in [3.05, 3.63) is 64.8 Å². The van der Waals surface area contributed by atoms with E-state index in [-0.39, 0.29) is 0 Å². The molecular weight excluding hydrogens is 270 g/mol. The third kappa shape index (κ3) is 2.34.